The molecule has 1 fully saturated rings. The van der Waals surface area contributed by atoms with Crippen LogP contribution < -0.4 is 10.2 Å². The third-order valence-corrected chi connectivity index (χ3v) is 6.47. The molecule has 1 amide bonds. The molecule has 5 rings (SSSR count). The van der Waals surface area contributed by atoms with Crippen LogP contribution in [0.4, 0.5) is 22.0 Å². The summed E-state index contributed by atoms with van der Waals surface area (Å²) in [6.07, 6.45) is 12.6. The second-order valence-corrected chi connectivity index (χ2v) is 10.2. The molecule has 1 saturated heterocycles. The van der Waals surface area contributed by atoms with Crippen molar-refractivity contribution in [3.05, 3.63) is 54.6 Å². The van der Waals surface area contributed by atoms with Gasteiger partial charge in [-0.25, -0.2) is 14.8 Å². The smallest absolute Gasteiger partial charge is 0.410 e. The molecular weight excluding hydrogens is 440 g/mol. The average Bonchev–Trinajstić information content (AvgIpc) is 3.35. The third-order valence-electron chi connectivity index (χ3n) is 6.47. The van der Waals surface area contributed by atoms with Crippen LogP contribution in [0.5, 0.6) is 0 Å². The van der Waals surface area contributed by atoms with E-state index in [-0.39, 0.29) is 6.09 Å². The number of hydrogen-bond acceptors (Lipinski definition) is 6. The van der Waals surface area contributed by atoms with E-state index in [0.717, 1.165) is 54.5 Å². The summed E-state index contributed by atoms with van der Waals surface area (Å²) in [6.45, 7) is 8.55. The molecular formula is C27H34N6O2. The Balaban J connectivity index is 1.24. The van der Waals surface area contributed by atoms with Gasteiger partial charge < -0.3 is 19.9 Å². The van der Waals surface area contributed by atoms with E-state index in [9.17, 15) is 4.79 Å². The molecule has 0 spiro atoms. The van der Waals surface area contributed by atoms with Gasteiger partial charge >= 0.3 is 6.09 Å². The number of ether oxygens (including phenoxy) is 1. The molecule has 3 aromatic rings. The zero-order valence-electron chi connectivity index (χ0n) is 20.8. The number of carbonyl (C=O) groups is 1. The van der Waals surface area contributed by atoms with E-state index in [1.807, 2.05) is 39.4 Å². The first kappa shape index (κ1) is 23.2. The number of aromatic nitrogens is 3. The summed E-state index contributed by atoms with van der Waals surface area (Å²) in [5, 5.41) is 3.44. The van der Waals surface area contributed by atoms with Crippen LogP contribution in [0.1, 0.15) is 52.1 Å². The maximum absolute atomic E-state index is 12.3. The first-order chi connectivity index (χ1) is 16.9. The molecule has 0 atom stereocenters. The molecule has 1 N–H and O–H groups in total. The summed E-state index contributed by atoms with van der Waals surface area (Å²) in [4.78, 5) is 25.7. The summed E-state index contributed by atoms with van der Waals surface area (Å²) in [6, 6.07) is 8.34. The van der Waals surface area contributed by atoms with Crippen molar-refractivity contribution in [2.75, 3.05) is 36.4 Å². The fourth-order valence-corrected chi connectivity index (χ4v) is 4.68. The fraction of sp³-hybridized carbons (Fsp3) is 0.444. The van der Waals surface area contributed by atoms with Crippen LogP contribution in [-0.4, -0.2) is 57.1 Å². The standard InChI is InChI=1S/C27H34N6O2/c1-27(2,3)35-26(34)32-17-15-31(16-18-32)22-11-9-21(10-12-22)30-24-25-28-13-14-33(25)23(19-29-24)20-7-5-4-6-8-20/h7,9-14,19H,4-6,8,15-18H2,1-3H3,(H,29,30). The predicted octanol–water partition coefficient (Wildman–Crippen LogP) is 5.49. The Kier molecular flexibility index (Phi) is 6.36. The average molecular weight is 475 g/mol. The zero-order valence-corrected chi connectivity index (χ0v) is 20.8. The number of imidazole rings is 1. The Bertz CT molecular complexity index is 1220. The van der Waals surface area contributed by atoms with Gasteiger partial charge in [0.15, 0.2) is 11.5 Å². The number of fused-ring (bicyclic) bond motifs is 1. The number of piperazine rings is 1. The number of hydrogen-bond donors (Lipinski definition) is 1. The quantitative estimate of drug-likeness (QED) is 0.539. The number of amides is 1. The molecule has 0 unspecified atom stereocenters. The lowest BCUT2D eigenvalue weighted by atomic mass is 9.97. The maximum atomic E-state index is 12.3. The number of benzene rings is 1. The van der Waals surface area contributed by atoms with E-state index in [1.165, 1.54) is 18.4 Å². The summed E-state index contributed by atoms with van der Waals surface area (Å²) in [5.74, 6) is 0.744. The Morgan fingerprint density at radius 1 is 1.03 bits per heavy atom. The Morgan fingerprint density at radius 2 is 1.80 bits per heavy atom. The molecule has 1 aliphatic carbocycles. The van der Waals surface area contributed by atoms with Crippen LogP contribution in [0.3, 0.4) is 0 Å². The second-order valence-electron chi connectivity index (χ2n) is 10.2. The Hall–Kier alpha value is -3.55. The highest BCUT2D eigenvalue weighted by Gasteiger charge is 2.26. The van der Waals surface area contributed by atoms with Gasteiger partial charge in [-0.15, -0.1) is 0 Å². The van der Waals surface area contributed by atoms with Gasteiger partial charge in [-0.3, -0.25) is 4.40 Å². The third kappa shape index (κ3) is 5.26. The number of nitrogens with zero attached hydrogens (tertiary/aromatic N) is 5. The lowest BCUT2D eigenvalue weighted by Gasteiger charge is -2.36. The van der Waals surface area contributed by atoms with E-state index >= 15 is 0 Å². The van der Waals surface area contributed by atoms with Crippen LogP contribution in [0, 0.1) is 0 Å². The summed E-state index contributed by atoms with van der Waals surface area (Å²) < 4.78 is 7.63. The molecule has 0 radical (unpaired) electrons. The highest BCUT2D eigenvalue weighted by atomic mass is 16.6. The minimum atomic E-state index is -0.471. The second kappa shape index (κ2) is 9.60. The fourth-order valence-electron chi connectivity index (χ4n) is 4.68. The molecule has 0 saturated carbocycles. The monoisotopic (exact) mass is 474 g/mol. The van der Waals surface area contributed by atoms with E-state index < -0.39 is 5.60 Å². The van der Waals surface area contributed by atoms with Crippen molar-refractivity contribution in [2.24, 2.45) is 0 Å². The lowest BCUT2D eigenvalue weighted by molar-refractivity contribution is 0.0240. The van der Waals surface area contributed by atoms with Crippen molar-refractivity contribution in [3.63, 3.8) is 0 Å². The minimum Gasteiger partial charge on any atom is -0.444 e. The van der Waals surface area contributed by atoms with Gasteiger partial charge in [-0.1, -0.05) is 6.08 Å². The molecule has 35 heavy (non-hydrogen) atoms. The van der Waals surface area contributed by atoms with Gasteiger partial charge in [-0.05, 0) is 76.3 Å². The number of anilines is 3. The first-order valence-electron chi connectivity index (χ1n) is 12.5. The summed E-state index contributed by atoms with van der Waals surface area (Å²) >= 11 is 0. The molecule has 3 heterocycles. The van der Waals surface area contributed by atoms with Crippen molar-refractivity contribution in [3.8, 4) is 0 Å². The van der Waals surface area contributed by atoms with E-state index in [1.54, 1.807) is 4.90 Å². The van der Waals surface area contributed by atoms with E-state index in [2.05, 4.69) is 49.9 Å². The van der Waals surface area contributed by atoms with Crippen molar-refractivity contribution >= 4 is 34.5 Å². The van der Waals surface area contributed by atoms with Crippen molar-refractivity contribution < 1.29 is 9.53 Å². The van der Waals surface area contributed by atoms with Gasteiger partial charge in [0.2, 0.25) is 0 Å². The van der Waals surface area contributed by atoms with Crippen LogP contribution in [0.25, 0.3) is 11.2 Å². The predicted molar refractivity (Wildman–Crippen MR) is 139 cm³/mol. The molecule has 8 nitrogen and oxygen atoms in total. The van der Waals surface area contributed by atoms with E-state index in [4.69, 9.17) is 9.72 Å². The number of nitrogens with one attached hydrogen (secondary N) is 1. The highest BCUT2D eigenvalue weighted by Crippen LogP contribution is 2.29. The molecule has 184 valence electrons. The minimum absolute atomic E-state index is 0.236. The molecule has 2 aromatic heterocycles. The topological polar surface area (TPSA) is 75.0 Å². The van der Waals surface area contributed by atoms with Gasteiger partial charge in [0, 0.05) is 49.9 Å². The van der Waals surface area contributed by atoms with Crippen LogP contribution in [0.2, 0.25) is 0 Å². The van der Waals surface area contributed by atoms with Crippen molar-refractivity contribution in [2.45, 2.75) is 52.1 Å². The highest BCUT2D eigenvalue weighted by molar-refractivity contribution is 5.74. The zero-order chi connectivity index (χ0) is 24.4. The van der Waals surface area contributed by atoms with Gasteiger partial charge in [-0.2, -0.15) is 0 Å². The van der Waals surface area contributed by atoms with Crippen molar-refractivity contribution in [1.82, 2.24) is 19.3 Å². The molecule has 0 bridgehead atoms. The normalized spacial score (nSPS) is 16.8. The Labute approximate surface area is 206 Å². The van der Waals surface area contributed by atoms with Crippen LogP contribution in [0.15, 0.2) is 48.9 Å². The molecule has 1 aliphatic heterocycles. The van der Waals surface area contributed by atoms with Gasteiger partial charge in [0.25, 0.3) is 0 Å². The number of allylic oxidation sites excluding steroid dienone is 2. The van der Waals surface area contributed by atoms with Crippen LogP contribution in [-0.2, 0) is 4.74 Å². The molecule has 2 aliphatic rings. The SMILES string of the molecule is CC(C)(C)OC(=O)N1CCN(c2ccc(Nc3ncc(C4=CCCCC4)n4ccnc34)cc2)CC1. The summed E-state index contributed by atoms with van der Waals surface area (Å²) in [7, 11) is 0. The van der Waals surface area contributed by atoms with Gasteiger partial charge in [0.1, 0.15) is 5.60 Å². The molecule has 8 heteroatoms. The van der Waals surface area contributed by atoms with Gasteiger partial charge in [0.05, 0.1) is 11.9 Å². The lowest BCUT2D eigenvalue weighted by Crippen LogP contribution is -2.50. The Morgan fingerprint density at radius 3 is 2.49 bits per heavy atom. The van der Waals surface area contributed by atoms with E-state index in [0.29, 0.717) is 13.1 Å². The number of rotatable bonds is 4. The van der Waals surface area contributed by atoms with Crippen molar-refractivity contribution in [1.29, 1.82) is 0 Å². The number of carbonyl (C=O) groups excluding carboxylic acids is 1. The molecule has 1 aromatic carbocycles. The maximum Gasteiger partial charge on any atom is 0.410 e. The first-order valence-corrected chi connectivity index (χ1v) is 12.5. The largest absolute Gasteiger partial charge is 0.444 e. The summed E-state index contributed by atoms with van der Waals surface area (Å²) in [5.41, 5.74) is 4.94. The van der Waals surface area contributed by atoms with Crippen LogP contribution >= 0.6 is 0 Å².